The maximum absolute atomic E-state index is 11.2. The largest absolute Gasteiger partial charge is 0.390 e. The molecular formula is C13H24O2. The van der Waals surface area contributed by atoms with Crippen LogP contribution >= 0.6 is 0 Å². The lowest BCUT2D eigenvalue weighted by Gasteiger charge is -2.40. The maximum Gasteiger partial charge on any atom is 0.132 e. The summed E-state index contributed by atoms with van der Waals surface area (Å²) in [6.07, 6.45) is 3.91. The topological polar surface area (TPSA) is 37.3 Å². The van der Waals surface area contributed by atoms with Crippen molar-refractivity contribution < 1.29 is 9.90 Å². The Morgan fingerprint density at radius 1 is 1.27 bits per heavy atom. The first-order valence-electron chi connectivity index (χ1n) is 6.08. The third-order valence-electron chi connectivity index (χ3n) is 4.30. The Balaban J connectivity index is 2.54. The normalized spacial score (nSPS) is 31.3. The van der Waals surface area contributed by atoms with Gasteiger partial charge in [0, 0.05) is 5.92 Å². The van der Waals surface area contributed by atoms with Crippen molar-refractivity contribution in [1.29, 1.82) is 0 Å². The van der Waals surface area contributed by atoms with Crippen molar-refractivity contribution in [2.45, 2.75) is 59.0 Å². The monoisotopic (exact) mass is 212 g/mol. The summed E-state index contributed by atoms with van der Waals surface area (Å²) in [5.74, 6) is 1.23. The molecule has 0 aromatic carbocycles. The van der Waals surface area contributed by atoms with E-state index in [1.165, 1.54) is 0 Å². The molecule has 1 unspecified atom stereocenters. The van der Waals surface area contributed by atoms with Crippen molar-refractivity contribution in [2.24, 2.45) is 17.8 Å². The first-order chi connectivity index (χ1) is 6.85. The quantitative estimate of drug-likeness (QED) is 0.781. The highest BCUT2D eigenvalue weighted by atomic mass is 16.3. The van der Waals surface area contributed by atoms with Gasteiger partial charge in [-0.3, -0.25) is 4.79 Å². The van der Waals surface area contributed by atoms with Gasteiger partial charge < -0.3 is 5.11 Å². The maximum atomic E-state index is 11.2. The second-order valence-electron chi connectivity index (χ2n) is 5.54. The Hall–Kier alpha value is -0.370. The van der Waals surface area contributed by atoms with E-state index in [1.807, 2.05) is 6.92 Å². The molecule has 1 aliphatic carbocycles. The second-order valence-corrected chi connectivity index (χ2v) is 5.54. The molecule has 0 spiro atoms. The van der Waals surface area contributed by atoms with Gasteiger partial charge in [0.05, 0.1) is 5.60 Å². The van der Waals surface area contributed by atoms with Crippen LogP contribution in [0.3, 0.4) is 0 Å². The highest BCUT2D eigenvalue weighted by Gasteiger charge is 2.37. The molecule has 2 heteroatoms. The number of carbonyl (C=O) groups is 1. The van der Waals surface area contributed by atoms with Crippen LogP contribution in [0.5, 0.6) is 0 Å². The highest BCUT2D eigenvalue weighted by Crippen LogP contribution is 2.39. The van der Waals surface area contributed by atoms with Crippen molar-refractivity contribution in [3.8, 4) is 0 Å². The van der Waals surface area contributed by atoms with E-state index in [4.69, 9.17) is 0 Å². The Morgan fingerprint density at radius 3 is 2.07 bits per heavy atom. The third kappa shape index (κ3) is 2.81. The van der Waals surface area contributed by atoms with E-state index in [1.54, 1.807) is 6.92 Å². The van der Waals surface area contributed by atoms with Crippen molar-refractivity contribution >= 4 is 5.78 Å². The fraction of sp³-hybridized carbons (Fsp3) is 0.923. The van der Waals surface area contributed by atoms with Crippen molar-refractivity contribution in [2.75, 3.05) is 0 Å². The summed E-state index contributed by atoms with van der Waals surface area (Å²) >= 11 is 0. The zero-order chi connectivity index (χ0) is 11.6. The van der Waals surface area contributed by atoms with Crippen LogP contribution in [0.25, 0.3) is 0 Å². The van der Waals surface area contributed by atoms with E-state index in [9.17, 15) is 9.90 Å². The number of hydrogen-bond donors (Lipinski definition) is 1. The Labute approximate surface area is 93.1 Å². The van der Waals surface area contributed by atoms with Crippen LogP contribution in [0.4, 0.5) is 0 Å². The van der Waals surface area contributed by atoms with Gasteiger partial charge in [-0.15, -0.1) is 0 Å². The molecule has 1 fully saturated rings. The zero-order valence-corrected chi connectivity index (χ0v) is 10.4. The van der Waals surface area contributed by atoms with Gasteiger partial charge in [0.15, 0.2) is 0 Å². The summed E-state index contributed by atoms with van der Waals surface area (Å²) < 4.78 is 0. The average molecular weight is 212 g/mol. The smallest absolute Gasteiger partial charge is 0.132 e. The molecule has 2 nitrogen and oxygen atoms in total. The number of carbonyl (C=O) groups excluding carboxylic acids is 1. The van der Waals surface area contributed by atoms with E-state index in [2.05, 4.69) is 13.8 Å². The van der Waals surface area contributed by atoms with E-state index >= 15 is 0 Å². The molecule has 1 atom stereocenters. The second kappa shape index (κ2) is 4.65. The van der Waals surface area contributed by atoms with Gasteiger partial charge >= 0.3 is 0 Å². The van der Waals surface area contributed by atoms with Crippen LogP contribution in [0.2, 0.25) is 0 Å². The number of hydrogen-bond acceptors (Lipinski definition) is 2. The molecule has 0 aromatic heterocycles. The molecule has 1 aliphatic rings. The Bertz CT molecular complexity index is 223. The predicted molar refractivity (Wildman–Crippen MR) is 61.6 cm³/mol. The first kappa shape index (κ1) is 12.7. The lowest BCUT2D eigenvalue weighted by Crippen LogP contribution is -2.42. The van der Waals surface area contributed by atoms with Crippen LogP contribution in [0, 0.1) is 17.8 Å². The van der Waals surface area contributed by atoms with Gasteiger partial charge in [-0.2, -0.15) is 0 Å². The molecule has 0 radical (unpaired) electrons. The average Bonchev–Trinajstić information content (AvgIpc) is 2.17. The summed E-state index contributed by atoms with van der Waals surface area (Å²) in [7, 11) is 0. The number of ketones is 1. The SMILES string of the molecule is CC(=O)[C@H]1CC[C@H](C(C)(O)C(C)C)CC1. The molecule has 1 saturated carbocycles. The molecule has 1 rings (SSSR count). The minimum Gasteiger partial charge on any atom is -0.390 e. The molecule has 0 heterocycles. The molecular weight excluding hydrogens is 188 g/mol. The van der Waals surface area contributed by atoms with Crippen molar-refractivity contribution in [3.63, 3.8) is 0 Å². The minimum absolute atomic E-state index is 0.254. The standard InChI is InChI=1S/C13H24O2/c1-9(2)13(4,15)12-7-5-11(6-8-12)10(3)14/h9,11-12,15H,5-8H2,1-4H3/t11-,12-,13?. The molecule has 0 amide bonds. The number of rotatable bonds is 3. The molecule has 0 saturated heterocycles. The van der Waals surface area contributed by atoms with Gasteiger partial charge in [0.2, 0.25) is 0 Å². The number of aliphatic hydroxyl groups is 1. The van der Waals surface area contributed by atoms with Gasteiger partial charge in [-0.25, -0.2) is 0 Å². The summed E-state index contributed by atoms with van der Waals surface area (Å²) in [5, 5.41) is 10.4. The lowest BCUT2D eigenvalue weighted by molar-refractivity contribution is -0.123. The van der Waals surface area contributed by atoms with E-state index in [-0.39, 0.29) is 11.8 Å². The third-order valence-corrected chi connectivity index (χ3v) is 4.30. The van der Waals surface area contributed by atoms with Crippen LogP contribution in [-0.4, -0.2) is 16.5 Å². The van der Waals surface area contributed by atoms with E-state index < -0.39 is 5.60 Å². The highest BCUT2D eigenvalue weighted by molar-refractivity contribution is 5.78. The van der Waals surface area contributed by atoms with Crippen LogP contribution in [0.15, 0.2) is 0 Å². The van der Waals surface area contributed by atoms with Crippen molar-refractivity contribution in [1.82, 2.24) is 0 Å². The summed E-state index contributed by atoms with van der Waals surface area (Å²) in [6.45, 7) is 7.76. The molecule has 1 N–H and O–H groups in total. The predicted octanol–water partition coefficient (Wildman–Crippen LogP) is 2.79. The van der Waals surface area contributed by atoms with Gasteiger partial charge in [0.1, 0.15) is 5.78 Å². The van der Waals surface area contributed by atoms with E-state index in [0.717, 1.165) is 25.7 Å². The lowest BCUT2D eigenvalue weighted by atomic mass is 9.69. The number of Topliss-reactive ketones (excluding diaryl/α,β-unsaturated/α-hetero) is 1. The molecule has 0 aliphatic heterocycles. The Morgan fingerprint density at radius 2 is 1.73 bits per heavy atom. The van der Waals surface area contributed by atoms with Gasteiger partial charge in [0.25, 0.3) is 0 Å². The fourth-order valence-electron chi connectivity index (χ4n) is 2.56. The summed E-state index contributed by atoms with van der Waals surface area (Å²) in [4.78, 5) is 11.2. The van der Waals surface area contributed by atoms with Crippen LogP contribution in [-0.2, 0) is 4.79 Å². The zero-order valence-electron chi connectivity index (χ0n) is 10.4. The first-order valence-corrected chi connectivity index (χ1v) is 6.08. The van der Waals surface area contributed by atoms with Crippen LogP contribution < -0.4 is 0 Å². The Kier molecular flexibility index (Phi) is 3.93. The summed E-state index contributed by atoms with van der Waals surface area (Å²) in [6, 6.07) is 0. The van der Waals surface area contributed by atoms with E-state index in [0.29, 0.717) is 11.7 Å². The molecule has 15 heavy (non-hydrogen) atoms. The minimum atomic E-state index is -0.568. The molecule has 0 bridgehead atoms. The van der Waals surface area contributed by atoms with Gasteiger partial charge in [-0.05, 0) is 51.4 Å². The summed E-state index contributed by atoms with van der Waals surface area (Å²) in [5.41, 5.74) is -0.568. The van der Waals surface area contributed by atoms with Crippen molar-refractivity contribution in [3.05, 3.63) is 0 Å². The molecule has 0 aromatic rings. The molecule has 88 valence electrons. The van der Waals surface area contributed by atoms with Crippen LogP contribution in [0.1, 0.15) is 53.4 Å². The fourth-order valence-corrected chi connectivity index (χ4v) is 2.56. The van der Waals surface area contributed by atoms with Gasteiger partial charge in [-0.1, -0.05) is 13.8 Å².